The summed E-state index contributed by atoms with van der Waals surface area (Å²) >= 11 is 3.18. The first-order valence-electron chi connectivity index (χ1n) is 6.87. The predicted molar refractivity (Wildman–Crippen MR) is 87.7 cm³/mol. The van der Waals surface area contributed by atoms with Crippen molar-refractivity contribution in [3.63, 3.8) is 0 Å². The number of halogens is 1. The zero-order valence-electron chi connectivity index (χ0n) is 12.2. The summed E-state index contributed by atoms with van der Waals surface area (Å²) in [6.45, 7) is 3.95. The van der Waals surface area contributed by atoms with E-state index in [2.05, 4.69) is 28.2 Å². The highest BCUT2D eigenvalue weighted by molar-refractivity contribution is 9.10. The lowest BCUT2D eigenvalue weighted by Crippen LogP contribution is -2.38. The number of carbonyl (C=O) groups excluding carboxylic acids is 1. The van der Waals surface area contributed by atoms with Gasteiger partial charge in [-0.15, -0.1) is 0 Å². The minimum Gasteiger partial charge on any atom is -0.399 e. The highest BCUT2D eigenvalue weighted by Crippen LogP contribution is 2.27. The topological polar surface area (TPSA) is 89.3 Å². The first kappa shape index (κ1) is 18.0. The molecule has 1 amide bonds. The first-order chi connectivity index (χ1) is 9.80. The van der Waals surface area contributed by atoms with Crippen LogP contribution in [0.4, 0.5) is 5.69 Å². The quantitative estimate of drug-likeness (QED) is 0.564. The maximum absolute atomic E-state index is 12.5. The number of anilines is 1. The molecule has 0 bridgehead atoms. The van der Waals surface area contributed by atoms with E-state index in [4.69, 9.17) is 5.73 Å². The number of nitrogens with two attached hydrogens (primary N) is 1. The molecule has 7 heteroatoms. The Labute approximate surface area is 134 Å². The predicted octanol–water partition coefficient (Wildman–Crippen LogP) is 2.50. The van der Waals surface area contributed by atoms with E-state index in [0.717, 1.165) is 19.3 Å². The van der Waals surface area contributed by atoms with Crippen molar-refractivity contribution >= 4 is 37.4 Å². The lowest BCUT2D eigenvalue weighted by molar-refractivity contribution is -0.120. The Kier molecular flexibility index (Phi) is 6.67. The SMILES string of the molecule is CCCCCNC(=O)C(C)S(=O)(=O)c1ccc(N)cc1Br. The van der Waals surface area contributed by atoms with E-state index < -0.39 is 21.0 Å². The number of benzene rings is 1. The monoisotopic (exact) mass is 376 g/mol. The van der Waals surface area contributed by atoms with Gasteiger partial charge in [0.2, 0.25) is 5.91 Å². The number of carbonyl (C=O) groups is 1. The van der Waals surface area contributed by atoms with E-state index in [1.165, 1.54) is 25.1 Å². The van der Waals surface area contributed by atoms with Gasteiger partial charge in [0, 0.05) is 16.7 Å². The molecule has 0 saturated heterocycles. The van der Waals surface area contributed by atoms with Gasteiger partial charge in [0.05, 0.1) is 4.90 Å². The van der Waals surface area contributed by atoms with Crippen LogP contribution in [0.25, 0.3) is 0 Å². The molecule has 1 aromatic rings. The Morgan fingerprint density at radius 2 is 2.05 bits per heavy atom. The van der Waals surface area contributed by atoms with Crippen molar-refractivity contribution in [2.45, 2.75) is 43.3 Å². The van der Waals surface area contributed by atoms with E-state index in [0.29, 0.717) is 16.7 Å². The van der Waals surface area contributed by atoms with E-state index in [1.54, 1.807) is 0 Å². The van der Waals surface area contributed by atoms with Gasteiger partial charge in [0.15, 0.2) is 9.84 Å². The van der Waals surface area contributed by atoms with Gasteiger partial charge in [-0.25, -0.2) is 8.42 Å². The fraction of sp³-hybridized carbons (Fsp3) is 0.500. The fourth-order valence-corrected chi connectivity index (χ4v) is 4.22. The number of rotatable bonds is 7. The summed E-state index contributed by atoms with van der Waals surface area (Å²) in [4.78, 5) is 12.1. The largest absolute Gasteiger partial charge is 0.399 e. The van der Waals surface area contributed by atoms with Crippen LogP contribution in [-0.2, 0) is 14.6 Å². The maximum Gasteiger partial charge on any atom is 0.238 e. The molecule has 1 unspecified atom stereocenters. The molecule has 0 aliphatic rings. The molecule has 5 nitrogen and oxygen atoms in total. The molecule has 0 saturated carbocycles. The number of unbranched alkanes of at least 4 members (excludes halogenated alkanes) is 2. The van der Waals surface area contributed by atoms with Crippen LogP contribution in [0.1, 0.15) is 33.1 Å². The number of amides is 1. The van der Waals surface area contributed by atoms with Crippen molar-refractivity contribution in [3.05, 3.63) is 22.7 Å². The summed E-state index contributed by atoms with van der Waals surface area (Å²) in [6, 6.07) is 4.43. The molecule has 1 rings (SSSR count). The second-order valence-electron chi connectivity index (χ2n) is 4.88. The van der Waals surface area contributed by atoms with E-state index in [1.807, 2.05) is 0 Å². The molecule has 21 heavy (non-hydrogen) atoms. The van der Waals surface area contributed by atoms with Crippen molar-refractivity contribution in [1.82, 2.24) is 5.32 Å². The van der Waals surface area contributed by atoms with Gasteiger partial charge in [0.25, 0.3) is 0 Å². The minimum atomic E-state index is -3.74. The average Bonchev–Trinajstić information content (AvgIpc) is 2.42. The van der Waals surface area contributed by atoms with Gasteiger partial charge in [0.1, 0.15) is 5.25 Å². The van der Waals surface area contributed by atoms with Crippen molar-refractivity contribution in [2.75, 3.05) is 12.3 Å². The fourth-order valence-electron chi connectivity index (χ4n) is 1.81. The van der Waals surface area contributed by atoms with Crippen LogP contribution in [0, 0.1) is 0 Å². The molecule has 118 valence electrons. The molecular formula is C14H21BrN2O3S. The van der Waals surface area contributed by atoms with E-state index in [-0.39, 0.29) is 4.90 Å². The van der Waals surface area contributed by atoms with Gasteiger partial charge >= 0.3 is 0 Å². The molecule has 0 aliphatic carbocycles. The molecular weight excluding hydrogens is 356 g/mol. The molecule has 0 fully saturated rings. The highest BCUT2D eigenvalue weighted by atomic mass is 79.9. The summed E-state index contributed by atoms with van der Waals surface area (Å²) < 4.78 is 25.3. The van der Waals surface area contributed by atoms with Gasteiger partial charge in [-0.3, -0.25) is 4.79 Å². The van der Waals surface area contributed by atoms with Crippen LogP contribution in [0.15, 0.2) is 27.6 Å². The summed E-state index contributed by atoms with van der Waals surface area (Å²) in [6.07, 6.45) is 2.90. The third kappa shape index (κ3) is 4.71. The van der Waals surface area contributed by atoms with Crippen LogP contribution in [-0.4, -0.2) is 26.1 Å². The molecule has 0 spiro atoms. The highest BCUT2D eigenvalue weighted by Gasteiger charge is 2.31. The summed E-state index contributed by atoms with van der Waals surface area (Å²) in [5, 5.41) is 1.53. The smallest absolute Gasteiger partial charge is 0.238 e. The van der Waals surface area contributed by atoms with Crippen molar-refractivity contribution in [1.29, 1.82) is 0 Å². The van der Waals surface area contributed by atoms with E-state index in [9.17, 15) is 13.2 Å². The standard InChI is InChI=1S/C14H21BrN2O3S/c1-3-4-5-8-17-14(18)10(2)21(19,20)13-7-6-11(16)9-12(13)15/h6-7,9-10H,3-5,8,16H2,1-2H3,(H,17,18). The summed E-state index contributed by atoms with van der Waals surface area (Å²) in [5.41, 5.74) is 6.05. The number of hydrogen-bond acceptors (Lipinski definition) is 4. The Morgan fingerprint density at radius 1 is 1.38 bits per heavy atom. The summed E-state index contributed by atoms with van der Waals surface area (Å²) in [5.74, 6) is -0.477. The van der Waals surface area contributed by atoms with Gasteiger partial charge in [-0.2, -0.15) is 0 Å². The Hall–Kier alpha value is -1.08. The minimum absolute atomic E-state index is 0.0768. The number of sulfone groups is 1. The first-order valence-corrected chi connectivity index (χ1v) is 9.21. The van der Waals surface area contributed by atoms with Crippen molar-refractivity contribution in [2.24, 2.45) is 0 Å². The summed E-state index contributed by atoms with van der Waals surface area (Å²) in [7, 11) is -3.74. The molecule has 1 atom stereocenters. The zero-order chi connectivity index (χ0) is 16.0. The van der Waals surface area contributed by atoms with Gasteiger partial charge < -0.3 is 11.1 Å². The Balaban J connectivity index is 2.84. The molecule has 0 aromatic heterocycles. The number of hydrogen-bond donors (Lipinski definition) is 2. The molecule has 0 heterocycles. The van der Waals surface area contributed by atoms with E-state index >= 15 is 0 Å². The number of nitrogen functional groups attached to an aromatic ring is 1. The third-order valence-corrected chi connectivity index (χ3v) is 6.21. The van der Waals surface area contributed by atoms with Crippen LogP contribution in [0.3, 0.4) is 0 Å². The van der Waals surface area contributed by atoms with Crippen LogP contribution in [0.5, 0.6) is 0 Å². The third-order valence-electron chi connectivity index (χ3n) is 3.18. The normalized spacial score (nSPS) is 12.9. The Morgan fingerprint density at radius 3 is 2.62 bits per heavy atom. The van der Waals surface area contributed by atoms with Gasteiger partial charge in [-0.05, 0) is 47.5 Å². The van der Waals surface area contributed by atoms with Gasteiger partial charge in [-0.1, -0.05) is 19.8 Å². The van der Waals surface area contributed by atoms with Crippen LogP contribution >= 0.6 is 15.9 Å². The van der Waals surface area contributed by atoms with Crippen LogP contribution in [0.2, 0.25) is 0 Å². The number of nitrogens with one attached hydrogen (secondary N) is 1. The second-order valence-corrected chi connectivity index (χ2v) is 7.97. The average molecular weight is 377 g/mol. The maximum atomic E-state index is 12.5. The lowest BCUT2D eigenvalue weighted by Gasteiger charge is -2.14. The molecule has 0 radical (unpaired) electrons. The molecule has 1 aromatic carbocycles. The van der Waals surface area contributed by atoms with Crippen molar-refractivity contribution < 1.29 is 13.2 Å². The Bertz CT molecular complexity index is 602. The zero-order valence-corrected chi connectivity index (χ0v) is 14.6. The lowest BCUT2D eigenvalue weighted by atomic mass is 10.2. The van der Waals surface area contributed by atoms with Crippen LogP contribution < -0.4 is 11.1 Å². The molecule has 3 N–H and O–H groups in total. The molecule has 0 aliphatic heterocycles. The second kappa shape index (κ2) is 7.79. The van der Waals surface area contributed by atoms with Crippen molar-refractivity contribution in [3.8, 4) is 0 Å².